The van der Waals surface area contributed by atoms with Gasteiger partial charge >= 0.3 is 0 Å². The molecule has 8 heteroatoms. The van der Waals surface area contributed by atoms with E-state index >= 15 is 0 Å². The van der Waals surface area contributed by atoms with Crippen LogP contribution in [-0.2, 0) is 13.2 Å². The molecule has 3 rings (SSSR count). The number of aryl methyl sites for hydroxylation is 3. The van der Waals surface area contributed by atoms with E-state index in [1.807, 2.05) is 18.2 Å². The quantitative estimate of drug-likeness (QED) is 0.602. The Morgan fingerprint density at radius 3 is 2.31 bits per heavy atom. The normalized spacial score (nSPS) is 12.1. The predicted molar refractivity (Wildman–Crippen MR) is 115 cm³/mol. The molecule has 1 aromatic heterocycles. The summed E-state index contributed by atoms with van der Waals surface area (Å²) in [6, 6.07) is 10.2. The average molecular weight is 415 g/mol. The second kappa shape index (κ2) is 8.75. The summed E-state index contributed by atoms with van der Waals surface area (Å²) in [6.45, 7) is 7.61. The van der Waals surface area contributed by atoms with Crippen molar-refractivity contribution in [3.8, 4) is 17.2 Å². The van der Waals surface area contributed by atoms with Crippen LogP contribution in [0.15, 0.2) is 30.3 Å². The summed E-state index contributed by atoms with van der Waals surface area (Å²) in [5.74, 6) is 1.48. The van der Waals surface area contributed by atoms with Crippen molar-refractivity contribution < 1.29 is 14.4 Å². The molecule has 1 unspecified atom stereocenters. The summed E-state index contributed by atoms with van der Waals surface area (Å²) in [7, 11) is 5.40. The van der Waals surface area contributed by atoms with Crippen LogP contribution in [0.3, 0.4) is 0 Å². The lowest BCUT2D eigenvalue weighted by Gasteiger charge is -2.17. The second-order valence-corrected chi connectivity index (χ2v) is 7.75. The second-order valence-electron chi connectivity index (χ2n) is 7.39. The molecular weight excluding hydrogens is 386 g/mol. The van der Waals surface area contributed by atoms with Gasteiger partial charge in [0.05, 0.1) is 27.0 Å². The molecule has 0 amide bonds. The summed E-state index contributed by atoms with van der Waals surface area (Å²) in [5.41, 5.74) is 5.63. The first-order valence-electron chi connectivity index (χ1n) is 9.47. The minimum absolute atomic E-state index is 0.584. The van der Waals surface area contributed by atoms with Crippen LogP contribution in [0.25, 0.3) is 5.69 Å². The standard InChI is InChI=1S/C21H27N5O2S/c1-14-7-8-18(16(3)9-14)26-21(29)25(22-23-26)13-24(4)12-17-11-20(28-6)19(27-5)10-15(17)2/h7-11H,12-13H2,1-6H3/p+1. The van der Waals surface area contributed by atoms with E-state index in [0.717, 1.165) is 34.9 Å². The van der Waals surface area contributed by atoms with E-state index in [1.165, 1.54) is 16.0 Å². The molecular formula is C21H28N5O2S+. The Bertz CT molecular complexity index is 1070. The molecule has 1 atom stereocenters. The molecule has 0 aliphatic heterocycles. The first-order valence-corrected chi connectivity index (χ1v) is 9.88. The third-order valence-corrected chi connectivity index (χ3v) is 5.36. The number of quaternary nitrogens is 1. The molecule has 0 spiro atoms. The summed E-state index contributed by atoms with van der Waals surface area (Å²) in [5, 5.41) is 8.56. The van der Waals surface area contributed by atoms with Crippen LogP contribution in [0, 0.1) is 25.5 Å². The monoisotopic (exact) mass is 414 g/mol. The average Bonchev–Trinajstić information content (AvgIpc) is 3.03. The number of hydrogen-bond donors (Lipinski definition) is 1. The Morgan fingerprint density at radius 1 is 0.966 bits per heavy atom. The van der Waals surface area contributed by atoms with Gasteiger partial charge in [-0.05, 0) is 72.7 Å². The maximum atomic E-state index is 5.63. The Labute approximate surface area is 176 Å². The first-order chi connectivity index (χ1) is 13.8. The number of methoxy groups -OCH3 is 2. The predicted octanol–water partition coefficient (Wildman–Crippen LogP) is 2.41. The Kier molecular flexibility index (Phi) is 6.34. The summed E-state index contributed by atoms with van der Waals surface area (Å²) < 4.78 is 14.9. The fourth-order valence-corrected chi connectivity index (χ4v) is 3.65. The van der Waals surface area contributed by atoms with E-state index < -0.39 is 0 Å². The molecule has 2 aromatic carbocycles. The van der Waals surface area contributed by atoms with Crippen molar-refractivity contribution in [2.75, 3.05) is 21.3 Å². The number of aromatic nitrogens is 4. The van der Waals surface area contributed by atoms with Crippen molar-refractivity contribution in [3.05, 3.63) is 57.4 Å². The summed E-state index contributed by atoms with van der Waals surface area (Å²) >= 11 is 5.63. The van der Waals surface area contributed by atoms with E-state index in [0.29, 0.717) is 11.4 Å². The maximum absolute atomic E-state index is 5.63. The van der Waals surface area contributed by atoms with Gasteiger partial charge in [0.15, 0.2) is 18.2 Å². The maximum Gasteiger partial charge on any atom is 0.225 e. The molecule has 1 N–H and O–H groups in total. The zero-order valence-corrected chi connectivity index (χ0v) is 18.6. The molecule has 0 saturated carbocycles. The van der Waals surface area contributed by atoms with Crippen LogP contribution in [0.5, 0.6) is 11.5 Å². The van der Waals surface area contributed by atoms with Gasteiger partial charge in [-0.25, -0.2) is 0 Å². The molecule has 0 fully saturated rings. The van der Waals surface area contributed by atoms with E-state index in [9.17, 15) is 0 Å². The number of ether oxygens (including phenoxy) is 2. The van der Waals surface area contributed by atoms with Gasteiger partial charge in [0.2, 0.25) is 4.77 Å². The van der Waals surface area contributed by atoms with Crippen LogP contribution in [-0.4, -0.2) is 41.1 Å². The molecule has 0 bridgehead atoms. The van der Waals surface area contributed by atoms with Crippen molar-refractivity contribution in [2.45, 2.75) is 34.0 Å². The third-order valence-electron chi connectivity index (χ3n) is 4.97. The van der Waals surface area contributed by atoms with Gasteiger partial charge in [0.1, 0.15) is 6.54 Å². The summed E-state index contributed by atoms with van der Waals surface area (Å²) in [4.78, 5) is 1.23. The van der Waals surface area contributed by atoms with Gasteiger partial charge in [-0.15, -0.1) is 0 Å². The van der Waals surface area contributed by atoms with Gasteiger partial charge < -0.3 is 14.4 Å². The Hall–Kier alpha value is -2.71. The topological polar surface area (TPSA) is 58.5 Å². The molecule has 154 valence electrons. The molecule has 3 aromatic rings. The van der Waals surface area contributed by atoms with Gasteiger partial charge in [-0.3, -0.25) is 0 Å². The molecule has 7 nitrogen and oxygen atoms in total. The molecule has 0 aliphatic rings. The lowest BCUT2D eigenvalue weighted by atomic mass is 10.1. The number of benzene rings is 2. The van der Waals surface area contributed by atoms with Gasteiger partial charge in [0, 0.05) is 5.56 Å². The van der Waals surface area contributed by atoms with Gasteiger partial charge in [-0.2, -0.15) is 9.36 Å². The molecule has 1 heterocycles. The first kappa shape index (κ1) is 21.0. The minimum atomic E-state index is 0.584. The van der Waals surface area contributed by atoms with Crippen molar-refractivity contribution in [1.29, 1.82) is 0 Å². The third kappa shape index (κ3) is 4.49. The van der Waals surface area contributed by atoms with Crippen molar-refractivity contribution in [3.63, 3.8) is 0 Å². The van der Waals surface area contributed by atoms with Crippen molar-refractivity contribution in [1.82, 2.24) is 19.8 Å². The van der Waals surface area contributed by atoms with Gasteiger partial charge in [-0.1, -0.05) is 17.7 Å². The van der Waals surface area contributed by atoms with Crippen molar-refractivity contribution in [2.24, 2.45) is 0 Å². The molecule has 0 saturated heterocycles. The van der Waals surface area contributed by atoms with Crippen LogP contribution >= 0.6 is 12.2 Å². The Morgan fingerprint density at radius 2 is 1.66 bits per heavy atom. The van der Waals surface area contributed by atoms with Crippen molar-refractivity contribution >= 4 is 12.2 Å². The fraction of sp³-hybridized carbons (Fsp3) is 0.381. The molecule has 0 radical (unpaired) electrons. The minimum Gasteiger partial charge on any atom is -0.493 e. The lowest BCUT2D eigenvalue weighted by Crippen LogP contribution is -3.07. The number of tetrazole rings is 1. The van der Waals surface area contributed by atoms with E-state index in [1.54, 1.807) is 23.6 Å². The van der Waals surface area contributed by atoms with E-state index in [-0.39, 0.29) is 0 Å². The van der Waals surface area contributed by atoms with Crippen LogP contribution in [0.4, 0.5) is 0 Å². The highest BCUT2D eigenvalue weighted by atomic mass is 32.1. The Balaban J connectivity index is 1.79. The van der Waals surface area contributed by atoms with E-state index in [2.05, 4.69) is 50.4 Å². The number of hydrogen-bond acceptors (Lipinski definition) is 5. The van der Waals surface area contributed by atoms with Crippen LogP contribution in [0.2, 0.25) is 0 Å². The van der Waals surface area contributed by atoms with Crippen LogP contribution in [0.1, 0.15) is 22.3 Å². The van der Waals surface area contributed by atoms with Crippen LogP contribution < -0.4 is 14.4 Å². The zero-order chi connectivity index (χ0) is 21.1. The highest BCUT2D eigenvalue weighted by Gasteiger charge is 2.15. The lowest BCUT2D eigenvalue weighted by molar-refractivity contribution is -0.917. The zero-order valence-electron chi connectivity index (χ0n) is 17.8. The SMILES string of the molecule is COc1cc(C)c(C[NH+](C)Cn2nnn(-c3ccc(C)cc3C)c2=S)cc1OC. The summed E-state index contributed by atoms with van der Waals surface area (Å²) in [6.07, 6.45) is 0. The molecule has 29 heavy (non-hydrogen) atoms. The highest BCUT2D eigenvalue weighted by molar-refractivity contribution is 7.71. The fourth-order valence-electron chi connectivity index (χ4n) is 3.42. The highest BCUT2D eigenvalue weighted by Crippen LogP contribution is 2.29. The smallest absolute Gasteiger partial charge is 0.225 e. The van der Waals surface area contributed by atoms with E-state index in [4.69, 9.17) is 21.7 Å². The number of nitrogens with one attached hydrogen (secondary N) is 1. The largest absolute Gasteiger partial charge is 0.493 e. The molecule has 0 aliphatic carbocycles. The number of rotatable bonds is 7. The van der Waals surface area contributed by atoms with Gasteiger partial charge in [0.25, 0.3) is 0 Å². The number of nitrogens with zero attached hydrogens (tertiary/aromatic N) is 4.